The van der Waals surface area contributed by atoms with Gasteiger partial charge in [-0.1, -0.05) is 47.4 Å². The van der Waals surface area contributed by atoms with Gasteiger partial charge in [-0.15, -0.1) is 11.6 Å². The maximum atomic E-state index is 6.53. The summed E-state index contributed by atoms with van der Waals surface area (Å²) < 4.78 is 1.03. The Morgan fingerprint density at radius 3 is 2.68 bits per heavy atom. The standard InChI is InChI=1S/C16H21BrCl2/c1-10(2)11-4-6-15(18)13(7-11)8-12-3-5-14(17)9-16(12)19/h3,5,9-11,13,15H,4,6-8H2,1-2H3. The zero-order valence-corrected chi connectivity index (χ0v) is 14.6. The third kappa shape index (κ3) is 4.12. The van der Waals surface area contributed by atoms with Crippen molar-refractivity contribution in [3.05, 3.63) is 33.3 Å². The van der Waals surface area contributed by atoms with E-state index in [0.717, 1.165) is 34.2 Å². The summed E-state index contributed by atoms with van der Waals surface area (Å²) in [5, 5.41) is 1.15. The van der Waals surface area contributed by atoms with Gasteiger partial charge in [-0.3, -0.25) is 0 Å². The Hall–Kier alpha value is 0.280. The van der Waals surface area contributed by atoms with Gasteiger partial charge in [0.1, 0.15) is 0 Å². The second-order valence-corrected chi connectivity index (χ2v) is 7.92. The summed E-state index contributed by atoms with van der Waals surface area (Å²) >= 11 is 16.3. The first-order chi connectivity index (χ1) is 8.97. The molecule has 1 fully saturated rings. The highest BCUT2D eigenvalue weighted by atomic mass is 79.9. The zero-order valence-electron chi connectivity index (χ0n) is 11.5. The summed E-state index contributed by atoms with van der Waals surface area (Å²) in [5.74, 6) is 2.13. The summed E-state index contributed by atoms with van der Waals surface area (Å²) in [4.78, 5) is 0. The van der Waals surface area contributed by atoms with Crippen LogP contribution in [0.4, 0.5) is 0 Å². The van der Waals surface area contributed by atoms with Gasteiger partial charge in [-0.25, -0.2) is 0 Å². The van der Waals surface area contributed by atoms with E-state index in [1.165, 1.54) is 18.4 Å². The predicted octanol–water partition coefficient (Wildman–Crippen LogP) is 6.32. The van der Waals surface area contributed by atoms with Crippen LogP contribution in [-0.2, 0) is 6.42 Å². The monoisotopic (exact) mass is 362 g/mol. The third-order valence-corrected chi connectivity index (χ3v) is 5.79. The average Bonchev–Trinajstić information content (AvgIpc) is 2.34. The summed E-state index contributed by atoms with van der Waals surface area (Å²) in [6, 6.07) is 6.16. The molecule has 106 valence electrons. The SMILES string of the molecule is CC(C)C1CCC(Cl)C(Cc2ccc(Br)cc2Cl)C1. The molecule has 0 aliphatic heterocycles. The minimum atomic E-state index is 0.301. The summed E-state index contributed by atoms with van der Waals surface area (Å²) in [5.41, 5.74) is 1.23. The fraction of sp³-hybridized carbons (Fsp3) is 0.625. The van der Waals surface area contributed by atoms with Gasteiger partial charge in [0.15, 0.2) is 0 Å². The van der Waals surface area contributed by atoms with Crippen molar-refractivity contribution >= 4 is 39.1 Å². The van der Waals surface area contributed by atoms with E-state index >= 15 is 0 Å². The van der Waals surface area contributed by atoms with Crippen LogP contribution in [0.25, 0.3) is 0 Å². The Morgan fingerprint density at radius 2 is 2.05 bits per heavy atom. The Kier molecular flexibility index (Phi) is 5.63. The van der Waals surface area contributed by atoms with E-state index < -0.39 is 0 Å². The first-order valence-electron chi connectivity index (χ1n) is 7.05. The van der Waals surface area contributed by atoms with Crippen LogP contribution in [0.1, 0.15) is 38.7 Å². The molecule has 0 N–H and O–H groups in total. The topological polar surface area (TPSA) is 0 Å². The van der Waals surface area contributed by atoms with E-state index in [-0.39, 0.29) is 0 Å². The minimum absolute atomic E-state index is 0.301. The molecule has 0 heterocycles. The van der Waals surface area contributed by atoms with Gasteiger partial charge in [-0.05, 0) is 61.1 Å². The molecule has 3 atom stereocenters. The van der Waals surface area contributed by atoms with E-state index in [9.17, 15) is 0 Å². The molecule has 0 nitrogen and oxygen atoms in total. The van der Waals surface area contributed by atoms with Crippen LogP contribution >= 0.6 is 39.1 Å². The predicted molar refractivity (Wildman–Crippen MR) is 88.2 cm³/mol. The zero-order chi connectivity index (χ0) is 14.0. The summed E-state index contributed by atoms with van der Waals surface area (Å²) in [6.07, 6.45) is 4.65. The van der Waals surface area contributed by atoms with E-state index in [1.54, 1.807) is 0 Å². The van der Waals surface area contributed by atoms with E-state index in [0.29, 0.717) is 11.3 Å². The molecule has 0 bridgehead atoms. The Labute approximate surface area is 135 Å². The van der Waals surface area contributed by atoms with Crippen molar-refractivity contribution < 1.29 is 0 Å². The van der Waals surface area contributed by atoms with Crippen LogP contribution in [0.2, 0.25) is 5.02 Å². The van der Waals surface area contributed by atoms with Gasteiger partial charge in [0.25, 0.3) is 0 Å². The molecular weight excluding hydrogens is 343 g/mol. The average molecular weight is 364 g/mol. The number of hydrogen-bond donors (Lipinski definition) is 0. The molecule has 1 aliphatic carbocycles. The van der Waals surface area contributed by atoms with E-state index in [1.807, 2.05) is 6.07 Å². The third-order valence-electron chi connectivity index (χ3n) is 4.37. The highest BCUT2D eigenvalue weighted by molar-refractivity contribution is 9.10. The van der Waals surface area contributed by atoms with Crippen molar-refractivity contribution in [1.82, 2.24) is 0 Å². The number of halogens is 3. The van der Waals surface area contributed by atoms with Crippen molar-refractivity contribution in [2.75, 3.05) is 0 Å². The summed E-state index contributed by atoms with van der Waals surface area (Å²) in [7, 11) is 0. The van der Waals surface area contributed by atoms with Crippen LogP contribution in [0.5, 0.6) is 0 Å². The maximum Gasteiger partial charge on any atom is 0.0449 e. The molecule has 3 unspecified atom stereocenters. The molecule has 3 heteroatoms. The molecule has 1 aromatic rings. The van der Waals surface area contributed by atoms with Gasteiger partial charge >= 0.3 is 0 Å². The lowest BCUT2D eigenvalue weighted by molar-refractivity contribution is 0.218. The molecule has 0 radical (unpaired) electrons. The Bertz CT molecular complexity index is 431. The number of rotatable bonds is 3. The second kappa shape index (κ2) is 6.83. The lowest BCUT2D eigenvalue weighted by Gasteiger charge is -2.35. The first-order valence-corrected chi connectivity index (χ1v) is 8.66. The smallest absolute Gasteiger partial charge is 0.0449 e. The highest BCUT2D eigenvalue weighted by Crippen LogP contribution is 2.39. The second-order valence-electron chi connectivity index (χ2n) is 6.03. The van der Waals surface area contributed by atoms with Gasteiger partial charge in [0.05, 0.1) is 0 Å². The van der Waals surface area contributed by atoms with Crippen LogP contribution in [0.15, 0.2) is 22.7 Å². The number of benzene rings is 1. The van der Waals surface area contributed by atoms with Gasteiger partial charge < -0.3 is 0 Å². The Balaban J connectivity index is 2.07. The van der Waals surface area contributed by atoms with Crippen LogP contribution in [0.3, 0.4) is 0 Å². The van der Waals surface area contributed by atoms with Crippen molar-refractivity contribution in [3.8, 4) is 0 Å². The first kappa shape index (κ1) is 15.7. The molecule has 0 spiro atoms. The lowest BCUT2D eigenvalue weighted by Crippen LogP contribution is -2.29. The van der Waals surface area contributed by atoms with Crippen molar-refractivity contribution in [1.29, 1.82) is 0 Å². The molecule has 19 heavy (non-hydrogen) atoms. The van der Waals surface area contributed by atoms with Gasteiger partial charge in [-0.2, -0.15) is 0 Å². The Morgan fingerprint density at radius 1 is 1.32 bits per heavy atom. The fourth-order valence-corrected chi connectivity index (χ4v) is 4.12. The molecule has 0 amide bonds. The molecule has 0 aromatic heterocycles. The van der Waals surface area contributed by atoms with Crippen LogP contribution < -0.4 is 0 Å². The van der Waals surface area contributed by atoms with Crippen molar-refractivity contribution in [3.63, 3.8) is 0 Å². The summed E-state index contributed by atoms with van der Waals surface area (Å²) in [6.45, 7) is 4.64. The van der Waals surface area contributed by atoms with E-state index in [2.05, 4.69) is 41.9 Å². The molecule has 1 aliphatic rings. The molecule has 1 aromatic carbocycles. The van der Waals surface area contributed by atoms with Crippen LogP contribution in [0, 0.1) is 17.8 Å². The van der Waals surface area contributed by atoms with Gasteiger partial charge in [0, 0.05) is 14.9 Å². The molecular formula is C16H21BrCl2. The van der Waals surface area contributed by atoms with Crippen LogP contribution in [-0.4, -0.2) is 5.38 Å². The number of alkyl halides is 1. The lowest BCUT2D eigenvalue weighted by atomic mass is 9.74. The van der Waals surface area contributed by atoms with Crippen molar-refractivity contribution in [2.45, 2.75) is 44.9 Å². The number of hydrogen-bond acceptors (Lipinski definition) is 0. The molecule has 0 saturated heterocycles. The minimum Gasteiger partial charge on any atom is -0.123 e. The normalized spacial score (nSPS) is 27.8. The van der Waals surface area contributed by atoms with Crippen molar-refractivity contribution in [2.24, 2.45) is 17.8 Å². The quantitative estimate of drug-likeness (QED) is 0.550. The molecule has 2 rings (SSSR count). The van der Waals surface area contributed by atoms with Gasteiger partial charge in [0.2, 0.25) is 0 Å². The fourth-order valence-electron chi connectivity index (χ4n) is 3.05. The molecule has 1 saturated carbocycles. The van der Waals surface area contributed by atoms with E-state index in [4.69, 9.17) is 23.2 Å². The maximum absolute atomic E-state index is 6.53. The highest BCUT2D eigenvalue weighted by Gasteiger charge is 2.30. The largest absolute Gasteiger partial charge is 0.123 e.